The van der Waals surface area contributed by atoms with Crippen molar-refractivity contribution >= 4 is 17.5 Å². The first kappa shape index (κ1) is 15.1. The molecule has 2 aromatic carbocycles. The number of hydrazine groups is 1. The van der Waals surface area contributed by atoms with Crippen LogP contribution < -0.4 is 20.9 Å². The van der Waals surface area contributed by atoms with Crippen LogP contribution in [-0.4, -0.2) is 24.5 Å². The topological polar surface area (TPSA) is 84.7 Å². The molecule has 1 heterocycles. The van der Waals surface area contributed by atoms with Crippen LogP contribution in [0.25, 0.3) is 0 Å². The van der Waals surface area contributed by atoms with E-state index in [1.165, 1.54) is 0 Å². The van der Waals surface area contributed by atoms with Crippen molar-refractivity contribution in [3.05, 3.63) is 59.7 Å². The molecule has 6 nitrogen and oxygen atoms in total. The number of benzene rings is 2. The molecule has 1 aliphatic heterocycles. The van der Waals surface area contributed by atoms with Gasteiger partial charge in [-0.15, -0.1) is 0 Å². The zero-order chi connectivity index (χ0) is 16.4. The van der Waals surface area contributed by atoms with Crippen LogP contribution >= 0.6 is 0 Å². The summed E-state index contributed by atoms with van der Waals surface area (Å²) < 4.78 is 5.65. The summed E-state index contributed by atoms with van der Waals surface area (Å²) in [5, 5.41) is 0. The molecule has 0 saturated carbocycles. The molecule has 0 unspecified atom stereocenters. The van der Waals surface area contributed by atoms with E-state index >= 15 is 0 Å². The van der Waals surface area contributed by atoms with Crippen molar-refractivity contribution < 1.29 is 14.3 Å². The van der Waals surface area contributed by atoms with E-state index in [1.807, 2.05) is 31.2 Å². The highest BCUT2D eigenvalue weighted by Crippen LogP contribution is 2.34. The Hall–Kier alpha value is -2.86. The molecule has 0 radical (unpaired) electrons. The van der Waals surface area contributed by atoms with Gasteiger partial charge in [-0.1, -0.05) is 30.3 Å². The zero-order valence-electron chi connectivity index (χ0n) is 12.7. The Morgan fingerprint density at radius 3 is 2.61 bits per heavy atom. The second-order valence-electron chi connectivity index (χ2n) is 5.31. The second kappa shape index (κ2) is 6.10. The van der Waals surface area contributed by atoms with Gasteiger partial charge in [0, 0.05) is 5.56 Å². The van der Waals surface area contributed by atoms with Crippen molar-refractivity contribution in [2.45, 2.75) is 13.0 Å². The average Bonchev–Trinajstić information content (AvgIpc) is 2.60. The van der Waals surface area contributed by atoms with Gasteiger partial charge in [-0.3, -0.25) is 15.0 Å². The third-order valence-electron chi connectivity index (χ3n) is 3.83. The van der Waals surface area contributed by atoms with Crippen LogP contribution in [0.4, 0.5) is 5.69 Å². The van der Waals surface area contributed by atoms with Crippen molar-refractivity contribution in [2.75, 3.05) is 11.4 Å². The van der Waals surface area contributed by atoms with E-state index in [-0.39, 0.29) is 12.5 Å². The number of nitrogens with zero attached hydrogens (tertiary/aromatic N) is 1. The number of amides is 2. The third kappa shape index (κ3) is 2.76. The Kier molecular flexibility index (Phi) is 3.99. The molecule has 3 rings (SSSR count). The van der Waals surface area contributed by atoms with E-state index in [0.717, 1.165) is 5.56 Å². The summed E-state index contributed by atoms with van der Waals surface area (Å²) in [6.07, 6.45) is -0.845. The predicted molar refractivity (Wildman–Crippen MR) is 86.0 cm³/mol. The number of nitrogens with one attached hydrogen (secondary N) is 1. The Bertz CT molecular complexity index is 760. The maximum atomic E-state index is 12.9. The number of aryl methyl sites for hydroxylation is 1. The highest BCUT2D eigenvalue weighted by Gasteiger charge is 2.34. The van der Waals surface area contributed by atoms with Gasteiger partial charge in [0.2, 0.25) is 0 Å². The second-order valence-corrected chi connectivity index (χ2v) is 5.31. The molecule has 0 bridgehead atoms. The highest BCUT2D eigenvalue weighted by atomic mass is 16.5. The molecule has 0 fully saturated rings. The number of anilines is 1. The van der Waals surface area contributed by atoms with E-state index in [1.54, 1.807) is 29.2 Å². The first-order valence-corrected chi connectivity index (χ1v) is 7.25. The first-order valence-electron chi connectivity index (χ1n) is 7.25. The van der Waals surface area contributed by atoms with Crippen LogP contribution in [0.1, 0.15) is 15.9 Å². The minimum Gasteiger partial charge on any atom is -0.476 e. The number of nitrogens with two attached hydrogens (primary N) is 1. The van der Waals surface area contributed by atoms with Gasteiger partial charge in [-0.05, 0) is 30.7 Å². The number of fused-ring (bicyclic) bond motifs is 1. The fourth-order valence-corrected chi connectivity index (χ4v) is 2.61. The molecule has 1 atom stereocenters. The van der Waals surface area contributed by atoms with Gasteiger partial charge in [-0.2, -0.15) is 0 Å². The van der Waals surface area contributed by atoms with Gasteiger partial charge in [0.05, 0.1) is 12.2 Å². The van der Waals surface area contributed by atoms with E-state index < -0.39 is 12.0 Å². The van der Waals surface area contributed by atoms with Gasteiger partial charge < -0.3 is 9.64 Å². The Labute approximate surface area is 133 Å². The minimum atomic E-state index is -0.845. The Balaban J connectivity index is 2.01. The molecule has 0 aliphatic carbocycles. The summed E-state index contributed by atoms with van der Waals surface area (Å²) in [7, 11) is 0. The molecular formula is C17H17N3O3. The Morgan fingerprint density at radius 1 is 1.17 bits per heavy atom. The monoisotopic (exact) mass is 311 g/mol. The van der Waals surface area contributed by atoms with Crippen molar-refractivity contribution in [1.29, 1.82) is 0 Å². The lowest BCUT2D eigenvalue weighted by atomic mass is 10.1. The summed E-state index contributed by atoms with van der Waals surface area (Å²) >= 11 is 0. The standard InChI is InChI=1S/C17H17N3O3/c1-11-6-2-3-7-12(11)17(22)20-10-15(16(21)19-18)23-14-9-5-4-8-13(14)20/h2-9,15H,10,18H2,1H3,(H,19,21)/t15-/m0/s1. The fraction of sp³-hybridized carbons (Fsp3) is 0.176. The van der Waals surface area contributed by atoms with Crippen molar-refractivity contribution in [3.8, 4) is 5.75 Å². The van der Waals surface area contributed by atoms with E-state index in [0.29, 0.717) is 17.0 Å². The lowest BCUT2D eigenvalue weighted by Gasteiger charge is -2.34. The van der Waals surface area contributed by atoms with Crippen molar-refractivity contribution in [3.63, 3.8) is 0 Å². The van der Waals surface area contributed by atoms with Gasteiger partial charge in [0.15, 0.2) is 6.10 Å². The van der Waals surface area contributed by atoms with E-state index in [4.69, 9.17) is 10.6 Å². The molecular weight excluding hydrogens is 294 g/mol. The lowest BCUT2D eigenvalue weighted by molar-refractivity contribution is -0.127. The van der Waals surface area contributed by atoms with Crippen LogP contribution in [0.15, 0.2) is 48.5 Å². The predicted octanol–water partition coefficient (Wildman–Crippen LogP) is 1.39. The largest absolute Gasteiger partial charge is 0.476 e. The number of carbonyl (C=O) groups is 2. The number of hydrogen-bond acceptors (Lipinski definition) is 4. The summed E-state index contributed by atoms with van der Waals surface area (Å²) in [6.45, 7) is 1.98. The van der Waals surface area contributed by atoms with Crippen molar-refractivity contribution in [2.24, 2.45) is 5.84 Å². The molecule has 118 valence electrons. The summed E-state index contributed by atoms with van der Waals surface area (Å²) in [5.41, 5.74) is 4.18. The quantitative estimate of drug-likeness (QED) is 0.499. The maximum absolute atomic E-state index is 12.9. The summed E-state index contributed by atoms with van der Waals surface area (Å²) in [5.74, 6) is 5.03. The van der Waals surface area contributed by atoms with E-state index in [2.05, 4.69) is 5.43 Å². The smallest absolute Gasteiger partial charge is 0.276 e. The molecule has 2 aromatic rings. The number of hydrogen-bond donors (Lipinski definition) is 2. The number of carbonyl (C=O) groups excluding carboxylic acids is 2. The zero-order valence-corrected chi connectivity index (χ0v) is 12.7. The van der Waals surface area contributed by atoms with Gasteiger partial charge in [-0.25, -0.2) is 5.84 Å². The Morgan fingerprint density at radius 2 is 1.87 bits per heavy atom. The fourth-order valence-electron chi connectivity index (χ4n) is 2.61. The van der Waals surface area contributed by atoms with Gasteiger partial charge in [0.1, 0.15) is 5.75 Å². The highest BCUT2D eigenvalue weighted by molar-refractivity contribution is 6.08. The molecule has 6 heteroatoms. The molecule has 0 aromatic heterocycles. The summed E-state index contributed by atoms with van der Waals surface area (Å²) in [4.78, 5) is 26.4. The van der Waals surface area contributed by atoms with Crippen LogP contribution in [0.5, 0.6) is 5.75 Å². The van der Waals surface area contributed by atoms with Crippen LogP contribution in [0.3, 0.4) is 0 Å². The number of ether oxygens (including phenoxy) is 1. The maximum Gasteiger partial charge on any atom is 0.276 e. The molecule has 3 N–H and O–H groups in total. The van der Waals surface area contributed by atoms with Crippen LogP contribution in [0.2, 0.25) is 0 Å². The lowest BCUT2D eigenvalue weighted by Crippen LogP contribution is -2.52. The van der Waals surface area contributed by atoms with Crippen molar-refractivity contribution in [1.82, 2.24) is 5.43 Å². The van der Waals surface area contributed by atoms with Gasteiger partial charge in [0.25, 0.3) is 11.8 Å². The molecule has 2 amide bonds. The minimum absolute atomic E-state index is 0.104. The first-order chi connectivity index (χ1) is 11.1. The number of rotatable bonds is 2. The van der Waals surface area contributed by atoms with Crippen LogP contribution in [0, 0.1) is 6.92 Å². The number of para-hydroxylation sites is 2. The molecule has 0 spiro atoms. The van der Waals surface area contributed by atoms with Gasteiger partial charge >= 0.3 is 0 Å². The van der Waals surface area contributed by atoms with Crippen LogP contribution in [-0.2, 0) is 4.79 Å². The average molecular weight is 311 g/mol. The van der Waals surface area contributed by atoms with E-state index in [9.17, 15) is 9.59 Å². The SMILES string of the molecule is Cc1ccccc1C(=O)N1C[C@@H](C(=O)NN)Oc2ccccc21. The normalized spacial score (nSPS) is 16.3. The molecule has 1 aliphatic rings. The third-order valence-corrected chi connectivity index (χ3v) is 3.83. The molecule has 23 heavy (non-hydrogen) atoms. The molecule has 0 saturated heterocycles. The summed E-state index contributed by atoms with van der Waals surface area (Å²) in [6, 6.07) is 14.5.